The molecule has 4 nitrogen and oxygen atoms in total. The highest BCUT2D eigenvalue weighted by Gasteiger charge is 2.30. The standard InChI is InChI=1S/C16H22FNO3/c1-16(2,3)21-15(19)18-8-7-12(10-18)11-20-14-6-4-5-13(17)9-14/h4-6,9,12H,7-8,10-11H2,1-3H3. The van der Waals surface area contributed by atoms with E-state index in [1.165, 1.54) is 12.1 Å². The highest BCUT2D eigenvalue weighted by Crippen LogP contribution is 2.21. The fourth-order valence-corrected chi connectivity index (χ4v) is 2.23. The van der Waals surface area contributed by atoms with Crippen molar-refractivity contribution in [2.24, 2.45) is 5.92 Å². The third-order valence-electron chi connectivity index (χ3n) is 3.22. The van der Waals surface area contributed by atoms with E-state index in [0.29, 0.717) is 25.4 Å². The Morgan fingerprint density at radius 2 is 2.19 bits per heavy atom. The number of nitrogens with zero attached hydrogens (tertiary/aromatic N) is 1. The molecule has 1 aliphatic rings. The molecule has 0 saturated carbocycles. The second kappa shape index (κ2) is 6.33. The van der Waals surface area contributed by atoms with E-state index in [9.17, 15) is 9.18 Å². The molecule has 1 saturated heterocycles. The first-order valence-electron chi connectivity index (χ1n) is 7.20. The minimum Gasteiger partial charge on any atom is -0.493 e. The SMILES string of the molecule is CC(C)(C)OC(=O)N1CCC(COc2cccc(F)c2)C1. The molecular weight excluding hydrogens is 273 g/mol. The van der Waals surface area contributed by atoms with Crippen LogP contribution in [0, 0.1) is 11.7 Å². The van der Waals surface area contributed by atoms with Gasteiger partial charge in [-0.05, 0) is 39.3 Å². The summed E-state index contributed by atoms with van der Waals surface area (Å²) in [5, 5.41) is 0. The molecule has 1 fully saturated rings. The number of ether oxygens (including phenoxy) is 2. The van der Waals surface area contributed by atoms with Crippen molar-refractivity contribution >= 4 is 6.09 Å². The lowest BCUT2D eigenvalue weighted by Crippen LogP contribution is -2.35. The summed E-state index contributed by atoms with van der Waals surface area (Å²) in [5.41, 5.74) is -0.479. The Bertz CT molecular complexity index is 499. The topological polar surface area (TPSA) is 38.8 Å². The zero-order valence-corrected chi connectivity index (χ0v) is 12.8. The van der Waals surface area contributed by atoms with Gasteiger partial charge in [-0.1, -0.05) is 6.07 Å². The van der Waals surface area contributed by atoms with E-state index in [1.54, 1.807) is 17.0 Å². The zero-order valence-electron chi connectivity index (χ0n) is 12.8. The largest absolute Gasteiger partial charge is 0.493 e. The van der Waals surface area contributed by atoms with Gasteiger partial charge in [0.1, 0.15) is 17.2 Å². The molecule has 1 amide bonds. The average molecular weight is 295 g/mol. The Morgan fingerprint density at radius 1 is 1.43 bits per heavy atom. The number of carbonyl (C=O) groups excluding carboxylic acids is 1. The van der Waals surface area contributed by atoms with Crippen LogP contribution in [-0.4, -0.2) is 36.3 Å². The van der Waals surface area contributed by atoms with Gasteiger partial charge in [-0.3, -0.25) is 0 Å². The summed E-state index contributed by atoms with van der Waals surface area (Å²) in [6.45, 7) is 7.32. The summed E-state index contributed by atoms with van der Waals surface area (Å²) in [7, 11) is 0. The van der Waals surface area contributed by atoms with Gasteiger partial charge in [0.2, 0.25) is 0 Å². The van der Waals surface area contributed by atoms with E-state index in [0.717, 1.165) is 6.42 Å². The van der Waals surface area contributed by atoms with Gasteiger partial charge in [0, 0.05) is 25.1 Å². The Morgan fingerprint density at radius 3 is 2.86 bits per heavy atom. The van der Waals surface area contributed by atoms with E-state index in [2.05, 4.69) is 0 Å². The summed E-state index contributed by atoms with van der Waals surface area (Å²) >= 11 is 0. The molecule has 0 radical (unpaired) electrons. The number of halogens is 1. The Labute approximate surface area is 124 Å². The predicted octanol–water partition coefficient (Wildman–Crippen LogP) is 3.46. The summed E-state index contributed by atoms with van der Waals surface area (Å²) in [4.78, 5) is 13.6. The summed E-state index contributed by atoms with van der Waals surface area (Å²) in [6.07, 6.45) is 0.588. The predicted molar refractivity (Wildman–Crippen MR) is 77.8 cm³/mol. The van der Waals surface area contributed by atoms with Crippen molar-refractivity contribution in [3.63, 3.8) is 0 Å². The third kappa shape index (κ3) is 4.92. The van der Waals surface area contributed by atoms with E-state index in [1.807, 2.05) is 20.8 Å². The number of likely N-dealkylation sites (tertiary alicyclic amines) is 1. The number of hydrogen-bond donors (Lipinski definition) is 0. The minimum atomic E-state index is -0.479. The highest BCUT2D eigenvalue weighted by atomic mass is 19.1. The number of amides is 1. The van der Waals surface area contributed by atoms with Crippen LogP contribution in [0.4, 0.5) is 9.18 Å². The second-order valence-corrected chi connectivity index (χ2v) is 6.35. The van der Waals surface area contributed by atoms with Crippen molar-refractivity contribution in [1.29, 1.82) is 0 Å². The van der Waals surface area contributed by atoms with Gasteiger partial charge in [0.05, 0.1) is 6.61 Å². The Balaban J connectivity index is 1.79. The minimum absolute atomic E-state index is 0.251. The van der Waals surface area contributed by atoms with Crippen LogP contribution in [-0.2, 0) is 4.74 Å². The lowest BCUT2D eigenvalue weighted by atomic mass is 10.1. The van der Waals surface area contributed by atoms with Crippen molar-refractivity contribution < 1.29 is 18.7 Å². The lowest BCUT2D eigenvalue weighted by molar-refractivity contribution is 0.0285. The maximum atomic E-state index is 13.0. The fraction of sp³-hybridized carbons (Fsp3) is 0.562. The van der Waals surface area contributed by atoms with E-state index < -0.39 is 5.60 Å². The molecule has 116 valence electrons. The Kier molecular flexibility index (Phi) is 4.70. The number of carbonyl (C=O) groups is 1. The first-order chi connectivity index (χ1) is 9.83. The van der Waals surface area contributed by atoms with E-state index in [4.69, 9.17) is 9.47 Å². The first-order valence-corrected chi connectivity index (χ1v) is 7.20. The molecular formula is C16H22FNO3. The smallest absolute Gasteiger partial charge is 0.410 e. The normalized spacial score (nSPS) is 18.7. The summed E-state index contributed by atoms with van der Waals surface area (Å²) in [5.74, 6) is 0.459. The molecule has 5 heteroatoms. The van der Waals surface area contributed by atoms with Gasteiger partial charge >= 0.3 is 6.09 Å². The van der Waals surface area contributed by atoms with Crippen LogP contribution in [0.1, 0.15) is 27.2 Å². The number of hydrogen-bond acceptors (Lipinski definition) is 3. The summed E-state index contributed by atoms with van der Waals surface area (Å²) < 4.78 is 24.0. The van der Waals surface area contributed by atoms with Crippen molar-refractivity contribution in [3.8, 4) is 5.75 Å². The number of rotatable bonds is 3. The maximum Gasteiger partial charge on any atom is 0.410 e. The average Bonchev–Trinajstić information content (AvgIpc) is 2.83. The van der Waals surface area contributed by atoms with Crippen molar-refractivity contribution in [2.45, 2.75) is 32.8 Å². The third-order valence-corrected chi connectivity index (χ3v) is 3.22. The van der Waals surface area contributed by atoms with Gasteiger partial charge < -0.3 is 14.4 Å². The van der Waals surface area contributed by atoms with Crippen LogP contribution >= 0.6 is 0 Å². The van der Waals surface area contributed by atoms with Crippen LogP contribution in [0.25, 0.3) is 0 Å². The molecule has 1 atom stereocenters. The summed E-state index contributed by atoms with van der Waals surface area (Å²) in [6, 6.07) is 6.09. The number of benzene rings is 1. The van der Waals surface area contributed by atoms with Crippen molar-refractivity contribution in [3.05, 3.63) is 30.1 Å². The molecule has 1 aromatic rings. The quantitative estimate of drug-likeness (QED) is 0.857. The fourth-order valence-electron chi connectivity index (χ4n) is 2.23. The van der Waals surface area contributed by atoms with Gasteiger partial charge in [0.15, 0.2) is 0 Å². The first kappa shape index (κ1) is 15.6. The monoisotopic (exact) mass is 295 g/mol. The van der Waals surface area contributed by atoms with Crippen molar-refractivity contribution in [1.82, 2.24) is 4.90 Å². The van der Waals surface area contributed by atoms with Crippen LogP contribution in [0.5, 0.6) is 5.75 Å². The lowest BCUT2D eigenvalue weighted by Gasteiger charge is -2.24. The van der Waals surface area contributed by atoms with Gasteiger partial charge in [0.25, 0.3) is 0 Å². The van der Waals surface area contributed by atoms with Crippen LogP contribution in [0.15, 0.2) is 24.3 Å². The molecule has 1 aliphatic heterocycles. The molecule has 1 aromatic carbocycles. The molecule has 0 N–H and O–H groups in total. The Hall–Kier alpha value is -1.78. The van der Waals surface area contributed by atoms with Gasteiger partial charge in [-0.15, -0.1) is 0 Å². The zero-order chi connectivity index (χ0) is 15.5. The molecule has 21 heavy (non-hydrogen) atoms. The second-order valence-electron chi connectivity index (χ2n) is 6.35. The van der Waals surface area contributed by atoms with Crippen LogP contribution in [0.2, 0.25) is 0 Å². The molecule has 0 spiro atoms. The highest BCUT2D eigenvalue weighted by molar-refractivity contribution is 5.68. The molecule has 1 heterocycles. The van der Waals surface area contributed by atoms with E-state index in [-0.39, 0.29) is 17.8 Å². The van der Waals surface area contributed by atoms with Crippen molar-refractivity contribution in [2.75, 3.05) is 19.7 Å². The van der Waals surface area contributed by atoms with Crippen LogP contribution < -0.4 is 4.74 Å². The van der Waals surface area contributed by atoms with Crippen LogP contribution in [0.3, 0.4) is 0 Å². The maximum absolute atomic E-state index is 13.0. The molecule has 0 aromatic heterocycles. The van der Waals surface area contributed by atoms with E-state index >= 15 is 0 Å². The van der Waals surface area contributed by atoms with Gasteiger partial charge in [-0.25, -0.2) is 9.18 Å². The van der Waals surface area contributed by atoms with Gasteiger partial charge in [-0.2, -0.15) is 0 Å². The molecule has 0 aliphatic carbocycles. The molecule has 1 unspecified atom stereocenters. The molecule has 2 rings (SSSR count). The molecule has 0 bridgehead atoms.